The fourth-order valence-electron chi connectivity index (χ4n) is 2.00. The van der Waals surface area contributed by atoms with Gasteiger partial charge in [-0.25, -0.2) is 9.97 Å². The summed E-state index contributed by atoms with van der Waals surface area (Å²) in [5.74, 6) is 0.799. The van der Waals surface area contributed by atoms with Crippen LogP contribution >= 0.6 is 15.9 Å². The lowest BCUT2D eigenvalue weighted by Crippen LogP contribution is -2.24. The van der Waals surface area contributed by atoms with E-state index in [0.717, 1.165) is 29.0 Å². The van der Waals surface area contributed by atoms with Crippen LogP contribution in [0.15, 0.2) is 35.2 Å². The number of hydrogen-bond donors (Lipinski definition) is 1. The van der Waals surface area contributed by atoms with Gasteiger partial charge in [-0.2, -0.15) is 0 Å². The molecule has 19 heavy (non-hydrogen) atoms. The van der Waals surface area contributed by atoms with E-state index in [1.807, 2.05) is 19.2 Å². The third-order valence-corrected chi connectivity index (χ3v) is 3.24. The number of pyridine rings is 1. The van der Waals surface area contributed by atoms with Crippen molar-refractivity contribution < 1.29 is 0 Å². The van der Waals surface area contributed by atoms with Crippen molar-refractivity contribution in [3.8, 4) is 0 Å². The van der Waals surface area contributed by atoms with Crippen molar-refractivity contribution in [1.29, 1.82) is 0 Å². The van der Waals surface area contributed by atoms with E-state index < -0.39 is 0 Å². The first-order chi connectivity index (χ1) is 9.19. The molecule has 1 atom stereocenters. The van der Waals surface area contributed by atoms with Gasteiger partial charge < -0.3 is 5.32 Å². The standard InChI is InChI=1S/C14H17BrN4/c1-3-17-14(13-4-5-18-10(2)19-13)7-11-6-12(15)9-16-8-11/h4-6,8-9,14,17H,3,7H2,1-2H3. The van der Waals surface area contributed by atoms with E-state index in [1.54, 1.807) is 12.4 Å². The van der Waals surface area contributed by atoms with Crippen molar-refractivity contribution in [3.63, 3.8) is 0 Å². The lowest BCUT2D eigenvalue weighted by Gasteiger charge is -2.17. The third-order valence-electron chi connectivity index (χ3n) is 2.81. The molecular formula is C14H17BrN4. The van der Waals surface area contributed by atoms with E-state index >= 15 is 0 Å². The SMILES string of the molecule is CCNC(Cc1cncc(Br)c1)c1ccnc(C)n1. The summed E-state index contributed by atoms with van der Waals surface area (Å²) in [6, 6.07) is 4.24. The van der Waals surface area contributed by atoms with Crippen molar-refractivity contribution in [2.45, 2.75) is 26.3 Å². The van der Waals surface area contributed by atoms with Crippen LogP contribution in [0.2, 0.25) is 0 Å². The highest BCUT2D eigenvalue weighted by molar-refractivity contribution is 9.10. The molecule has 2 aromatic rings. The second-order valence-electron chi connectivity index (χ2n) is 4.35. The molecule has 0 aliphatic heterocycles. The highest BCUT2D eigenvalue weighted by atomic mass is 79.9. The van der Waals surface area contributed by atoms with Crippen LogP contribution in [0.3, 0.4) is 0 Å². The highest BCUT2D eigenvalue weighted by Crippen LogP contribution is 2.18. The zero-order valence-corrected chi connectivity index (χ0v) is 12.7. The van der Waals surface area contributed by atoms with Gasteiger partial charge in [0.25, 0.3) is 0 Å². The molecule has 2 rings (SSSR count). The smallest absolute Gasteiger partial charge is 0.125 e. The zero-order chi connectivity index (χ0) is 13.7. The molecule has 0 saturated heterocycles. The van der Waals surface area contributed by atoms with E-state index in [2.05, 4.69) is 49.2 Å². The molecule has 0 radical (unpaired) electrons. The molecule has 0 amide bonds. The van der Waals surface area contributed by atoms with Crippen LogP contribution in [0.1, 0.15) is 30.0 Å². The summed E-state index contributed by atoms with van der Waals surface area (Å²) in [6.07, 6.45) is 6.35. The van der Waals surface area contributed by atoms with Crippen molar-refractivity contribution in [2.75, 3.05) is 6.54 Å². The molecule has 0 aromatic carbocycles. The van der Waals surface area contributed by atoms with Crippen molar-refractivity contribution in [3.05, 3.63) is 52.3 Å². The Morgan fingerprint density at radius 1 is 1.37 bits per heavy atom. The minimum Gasteiger partial charge on any atom is -0.309 e. The van der Waals surface area contributed by atoms with E-state index in [9.17, 15) is 0 Å². The van der Waals surface area contributed by atoms with Gasteiger partial charge in [0.05, 0.1) is 11.7 Å². The predicted octanol–water partition coefficient (Wildman–Crippen LogP) is 2.84. The summed E-state index contributed by atoms with van der Waals surface area (Å²) in [7, 11) is 0. The maximum absolute atomic E-state index is 4.50. The third kappa shape index (κ3) is 4.08. The van der Waals surface area contributed by atoms with Crippen LogP contribution in [0.5, 0.6) is 0 Å². The lowest BCUT2D eigenvalue weighted by atomic mass is 10.0. The quantitative estimate of drug-likeness (QED) is 0.920. The van der Waals surface area contributed by atoms with Crippen molar-refractivity contribution >= 4 is 15.9 Å². The van der Waals surface area contributed by atoms with Gasteiger partial charge in [0.15, 0.2) is 0 Å². The van der Waals surface area contributed by atoms with Crippen LogP contribution in [0.25, 0.3) is 0 Å². The van der Waals surface area contributed by atoms with Gasteiger partial charge in [-0.05, 0) is 53.5 Å². The largest absolute Gasteiger partial charge is 0.309 e. The Hall–Kier alpha value is -1.33. The first-order valence-electron chi connectivity index (χ1n) is 6.31. The molecule has 0 aliphatic rings. The summed E-state index contributed by atoms with van der Waals surface area (Å²) in [6.45, 7) is 4.91. The van der Waals surface area contributed by atoms with Gasteiger partial charge in [0.1, 0.15) is 5.82 Å². The van der Waals surface area contributed by atoms with Gasteiger partial charge >= 0.3 is 0 Å². The van der Waals surface area contributed by atoms with E-state index in [-0.39, 0.29) is 6.04 Å². The average Bonchev–Trinajstić information content (AvgIpc) is 2.38. The summed E-state index contributed by atoms with van der Waals surface area (Å²) in [5, 5.41) is 3.46. The maximum Gasteiger partial charge on any atom is 0.125 e. The van der Waals surface area contributed by atoms with Crippen LogP contribution in [0.4, 0.5) is 0 Å². The fraction of sp³-hybridized carbons (Fsp3) is 0.357. The van der Waals surface area contributed by atoms with E-state index in [4.69, 9.17) is 0 Å². The topological polar surface area (TPSA) is 50.7 Å². The molecule has 2 heterocycles. The average molecular weight is 321 g/mol. The Labute approximate surface area is 121 Å². The Balaban J connectivity index is 2.21. The van der Waals surface area contributed by atoms with Crippen LogP contribution < -0.4 is 5.32 Å². The molecule has 5 heteroatoms. The minimum absolute atomic E-state index is 0.183. The molecule has 100 valence electrons. The summed E-state index contributed by atoms with van der Waals surface area (Å²) >= 11 is 3.45. The second-order valence-corrected chi connectivity index (χ2v) is 5.27. The Morgan fingerprint density at radius 3 is 2.89 bits per heavy atom. The summed E-state index contributed by atoms with van der Waals surface area (Å²) < 4.78 is 0.999. The molecular weight excluding hydrogens is 304 g/mol. The molecule has 4 nitrogen and oxygen atoms in total. The van der Waals surface area contributed by atoms with E-state index in [0.29, 0.717) is 0 Å². The van der Waals surface area contributed by atoms with Gasteiger partial charge in [-0.15, -0.1) is 0 Å². The van der Waals surface area contributed by atoms with Crippen LogP contribution in [0, 0.1) is 6.92 Å². The Kier molecular flexibility index (Phi) is 4.99. The number of rotatable bonds is 5. The van der Waals surface area contributed by atoms with Gasteiger partial charge in [0, 0.05) is 23.1 Å². The first kappa shape index (κ1) is 14.1. The summed E-state index contributed by atoms with van der Waals surface area (Å²) in [4.78, 5) is 12.9. The molecule has 0 fully saturated rings. The van der Waals surface area contributed by atoms with Crippen LogP contribution in [-0.2, 0) is 6.42 Å². The normalized spacial score (nSPS) is 12.4. The lowest BCUT2D eigenvalue weighted by molar-refractivity contribution is 0.533. The second kappa shape index (κ2) is 6.73. The molecule has 2 aromatic heterocycles. The fourth-order valence-corrected chi connectivity index (χ4v) is 2.41. The number of aryl methyl sites for hydroxylation is 1. The van der Waals surface area contributed by atoms with Crippen LogP contribution in [-0.4, -0.2) is 21.5 Å². The Bertz CT molecular complexity index is 544. The monoisotopic (exact) mass is 320 g/mol. The molecule has 0 bridgehead atoms. The number of aromatic nitrogens is 3. The molecule has 0 saturated carbocycles. The Morgan fingerprint density at radius 2 is 2.21 bits per heavy atom. The number of nitrogens with zero attached hydrogens (tertiary/aromatic N) is 3. The van der Waals surface area contributed by atoms with Gasteiger partial charge in [-0.3, -0.25) is 4.98 Å². The van der Waals surface area contributed by atoms with Crippen molar-refractivity contribution in [2.24, 2.45) is 0 Å². The number of hydrogen-bond acceptors (Lipinski definition) is 4. The molecule has 1 unspecified atom stereocenters. The zero-order valence-electron chi connectivity index (χ0n) is 11.1. The molecule has 0 spiro atoms. The number of nitrogens with one attached hydrogen (secondary N) is 1. The first-order valence-corrected chi connectivity index (χ1v) is 7.10. The molecule has 1 N–H and O–H groups in total. The van der Waals surface area contributed by atoms with Gasteiger partial charge in [0.2, 0.25) is 0 Å². The number of likely N-dealkylation sites (N-methyl/N-ethyl adjacent to an activating group) is 1. The maximum atomic E-state index is 4.50. The minimum atomic E-state index is 0.183. The molecule has 0 aliphatic carbocycles. The van der Waals surface area contributed by atoms with Crippen molar-refractivity contribution in [1.82, 2.24) is 20.3 Å². The highest BCUT2D eigenvalue weighted by Gasteiger charge is 2.13. The van der Waals surface area contributed by atoms with E-state index in [1.165, 1.54) is 5.56 Å². The number of halogens is 1. The summed E-state index contributed by atoms with van der Waals surface area (Å²) in [5.41, 5.74) is 2.20. The van der Waals surface area contributed by atoms with Gasteiger partial charge in [-0.1, -0.05) is 6.92 Å². The predicted molar refractivity (Wildman–Crippen MR) is 78.8 cm³/mol.